The Hall–Kier alpha value is -1.73. The van der Waals surface area contributed by atoms with Crippen molar-refractivity contribution in [3.63, 3.8) is 0 Å². The van der Waals surface area contributed by atoms with Gasteiger partial charge in [-0.3, -0.25) is 4.79 Å². The molecule has 2 aromatic rings. The number of aromatic amines is 1. The zero-order chi connectivity index (χ0) is 14.8. The normalized spacial score (nSPS) is 16.5. The molecular formula is C14H19N5OS. The van der Waals surface area contributed by atoms with Gasteiger partial charge in [0.15, 0.2) is 5.16 Å². The second-order valence-corrected chi connectivity index (χ2v) is 6.26. The molecule has 1 aromatic carbocycles. The second-order valence-electron chi connectivity index (χ2n) is 5.29. The number of fused-ring (bicyclic) bond motifs is 1. The Morgan fingerprint density at radius 3 is 2.90 bits per heavy atom. The van der Waals surface area contributed by atoms with Crippen LogP contribution in [0.25, 0.3) is 11.0 Å². The number of imidazole rings is 1. The van der Waals surface area contributed by atoms with Crippen molar-refractivity contribution in [2.75, 3.05) is 44.7 Å². The molecule has 7 heteroatoms. The van der Waals surface area contributed by atoms with E-state index >= 15 is 0 Å². The number of amides is 1. The van der Waals surface area contributed by atoms with Gasteiger partial charge in [0.05, 0.1) is 16.8 Å². The highest BCUT2D eigenvalue weighted by Crippen LogP contribution is 2.21. The number of carbonyl (C=O) groups is 1. The van der Waals surface area contributed by atoms with Crippen LogP contribution in [0.4, 0.5) is 5.69 Å². The third-order valence-corrected chi connectivity index (χ3v) is 4.53. The van der Waals surface area contributed by atoms with E-state index in [-0.39, 0.29) is 5.91 Å². The van der Waals surface area contributed by atoms with E-state index < -0.39 is 0 Å². The summed E-state index contributed by atoms with van der Waals surface area (Å²) in [6.07, 6.45) is 0. The van der Waals surface area contributed by atoms with Crippen LogP contribution in [0, 0.1) is 0 Å². The number of hydrogen-bond acceptors (Lipinski definition) is 5. The van der Waals surface area contributed by atoms with E-state index in [2.05, 4.69) is 21.9 Å². The molecule has 1 saturated heterocycles. The highest BCUT2D eigenvalue weighted by atomic mass is 32.2. The average Bonchev–Trinajstić information content (AvgIpc) is 2.87. The summed E-state index contributed by atoms with van der Waals surface area (Å²) in [7, 11) is 2.08. The molecule has 0 saturated carbocycles. The zero-order valence-corrected chi connectivity index (χ0v) is 12.8. The molecule has 0 aliphatic carbocycles. The molecule has 21 heavy (non-hydrogen) atoms. The van der Waals surface area contributed by atoms with E-state index in [9.17, 15) is 4.79 Å². The van der Waals surface area contributed by atoms with Gasteiger partial charge in [-0.15, -0.1) is 0 Å². The molecule has 3 rings (SSSR count). The van der Waals surface area contributed by atoms with Crippen molar-refractivity contribution in [3.05, 3.63) is 18.2 Å². The fourth-order valence-electron chi connectivity index (χ4n) is 2.35. The largest absolute Gasteiger partial charge is 0.399 e. The van der Waals surface area contributed by atoms with Crippen molar-refractivity contribution in [3.8, 4) is 0 Å². The molecule has 1 aliphatic heterocycles. The lowest BCUT2D eigenvalue weighted by Gasteiger charge is -2.32. The van der Waals surface area contributed by atoms with E-state index in [0.717, 1.165) is 42.4 Å². The molecule has 0 radical (unpaired) electrons. The number of benzene rings is 1. The first-order valence-corrected chi connectivity index (χ1v) is 7.95. The maximum Gasteiger partial charge on any atom is 0.233 e. The van der Waals surface area contributed by atoms with E-state index in [1.54, 1.807) is 0 Å². The predicted molar refractivity (Wildman–Crippen MR) is 85.3 cm³/mol. The monoisotopic (exact) mass is 305 g/mol. The minimum Gasteiger partial charge on any atom is -0.399 e. The Morgan fingerprint density at radius 1 is 1.38 bits per heavy atom. The summed E-state index contributed by atoms with van der Waals surface area (Å²) in [6, 6.07) is 5.56. The highest BCUT2D eigenvalue weighted by molar-refractivity contribution is 7.99. The number of hydrogen-bond donors (Lipinski definition) is 2. The summed E-state index contributed by atoms with van der Waals surface area (Å²) in [5.41, 5.74) is 8.23. The summed E-state index contributed by atoms with van der Waals surface area (Å²) in [6.45, 7) is 3.51. The van der Waals surface area contributed by atoms with Crippen molar-refractivity contribution in [1.29, 1.82) is 0 Å². The van der Waals surface area contributed by atoms with Gasteiger partial charge in [0, 0.05) is 31.9 Å². The van der Waals surface area contributed by atoms with Gasteiger partial charge in [-0.05, 0) is 25.2 Å². The molecular weight excluding hydrogens is 286 g/mol. The van der Waals surface area contributed by atoms with Gasteiger partial charge < -0.3 is 20.5 Å². The number of likely N-dealkylation sites (N-methyl/N-ethyl adjacent to an activating group) is 1. The van der Waals surface area contributed by atoms with E-state index in [0.29, 0.717) is 11.4 Å². The molecule has 0 unspecified atom stereocenters. The number of nitrogen functional groups attached to an aromatic ring is 1. The lowest BCUT2D eigenvalue weighted by Crippen LogP contribution is -2.47. The number of aromatic nitrogens is 2. The van der Waals surface area contributed by atoms with Crippen molar-refractivity contribution >= 4 is 34.4 Å². The third kappa shape index (κ3) is 3.30. The van der Waals surface area contributed by atoms with Crippen LogP contribution < -0.4 is 5.73 Å². The third-order valence-electron chi connectivity index (χ3n) is 3.67. The first kappa shape index (κ1) is 14.2. The summed E-state index contributed by atoms with van der Waals surface area (Å²) in [5.74, 6) is 0.590. The van der Waals surface area contributed by atoms with Gasteiger partial charge in [-0.25, -0.2) is 4.98 Å². The molecule has 1 fully saturated rings. The van der Waals surface area contributed by atoms with Crippen LogP contribution in [0.3, 0.4) is 0 Å². The number of anilines is 1. The fraction of sp³-hybridized carbons (Fsp3) is 0.429. The number of nitrogens with one attached hydrogen (secondary N) is 1. The van der Waals surface area contributed by atoms with Gasteiger partial charge in [-0.2, -0.15) is 0 Å². The number of piperazine rings is 1. The Bertz CT molecular complexity index is 648. The van der Waals surface area contributed by atoms with E-state index in [1.165, 1.54) is 11.8 Å². The number of rotatable bonds is 3. The molecule has 0 atom stereocenters. The molecule has 112 valence electrons. The molecule has 0 bridgehead atoms. The molecule has 6 nitrogen and oxygen atoms in total. The summed E-state index contributed by atoms with van der Waals surface area (Å²) < 4.78 is 0. The van der Waals surface area contributed by atoms with Crippen molar-refractivity contribution < 1.29 is 4.79 Å². The summed E-state index contributed by atoms with van der Waals surface area (Å²) >= 11 is 1.44. The minimum absolute atomic E-state index is 0.174. The van der Waals surface area contributed by atoms with Crippen LogP contribution in [-0.4, -0.2) is 64.7 Å². The smallest absolute Gasteiger partial charge is 0.233 e. The maximum absolute atomic E-state index is 12.2. The van der Waals surface area contributed by atoms with Crippen LogP contribution in [-0.2, 0) is 4.79 Å². The molecule has 1 aromatic heterocycles. The standard InChI is InChI=1S/C14H19N5OS/c1-18-4-6-19(7-5-18)13(20)9-21-14-16-11-3-2-10(15)8-12(11)17-14/h2-3,8H,4-7,9,15H2,1H3,(H,16,17). The number of nitrogens with zero attached hydrogens (tertiary/aromatic N) is 3. The first-order chi connectivity index (χ1) is 10.1. The van der Waals surface area contributed by atoms with E-state index in [4.69, 9.17) is 5.73 Å². The van der Waals surface area contributed by atoms with E-state index in [1.807, 2.05) is 23.1 Å². The zero-order valence-electron chi connectivity index (χ0n) is 12.0. The lowest BCUT2D eigenvalue weighted by atomic mass is 10.3. The molecule has 0 spiro atoms. The van der Waals surface area contributed by atoms with Gasteiger partial charge in [0.2, 0.25) is 5.91 Å². The van der Waals surface area contributed by atoms with Gasteiger partial charge in [0.1, 0.15) is 0 Å². The molecule has 2 heterocycles. The molecule has 1 aliphatic rings. The Kier molecular flexibility index (Phi) is 4.03. The van der Waals surface area contributed by atoms with Gasteiger partial charge >= 0.3 is 0 Å². The van der Waals surface area contributed by atoms with Gasteiger partial charge in [-0.1, -0.05) is 11.8 Å². The van der Waals surface area contributed by atoms with Crippen LogP contribution in [0.1, 0.15) is 0 Å². The predicted octanol–water partition coefficient (Wildman–Crippen LogP) is 1.01. The first-order valence-electron chi connectivity index (χ1n) is 6.96. The summed E-state index contributed by atoms with van der Waals surface area (Å²) in [4.78, 5) is 24.0. The quantitative estimate of drug-likeness (QED) is 0.654. The number of H-pyrrole nitrogens is 1. The second kappa shape index (κ2) is 5.95. The van der Waals surface area contributed by atoms with Crippen LogP contribution in [0.2, 0.25) is 0 Å². The number of thioether (sulfide) groups is 1. The minimum atomic E-state index is 0.174. The maximum atomic E-state index is 12.2. The molecule has 3 N–H and O–H groups in total. The Balaban J connectivity index is 1.59. The van der Waals surface area contributed by atoms with Crippen LogP contribution >= 0.6 is 11.8 Å². The van der Waals surface area contributed by atoms with Crippen molar-refractivity contribution in [2.45, 2.75) is 5.16 Å². The Labute approximate surface area is 127 Å². The summed E-state index contributed by atoms with van der Waals surface area (Å²) in [5, 5.41) is 0.762. The molecule has 1 amide bonds. The number of carbonyl (C=O) groups excluding carboxylic acids is 1. The van der Waals surface area contributed by atoms with Crippen molar-refractivity contribution in [1.82, 2.24) is 19.8 Å². The SMILES string of the molecule is CN1CCN(C(=O)CSc2nc3ccc(N)cc3[nH]2)CC1. The Morgan fingerprint density at radius 2 is 2.14 bits per heavy atom. The number of nitrogens with two attached hydrogens (primary N) is 1. The van der Waals surface area contributed by atoms with Crippen LogP contribution in [0.5, 0.6) is 0 Å². The van der Waals surface area contributed by atoms with Crippen molar-refractivity contribution in [2.24, 2.45) is 0 Å². The highest BCUT2D eigenvalue weighted by Gasteiger charge is 2.19. The lowest BCUT2D eigenvalue weighted by molar-refractivity contribution is -0.129. The fourth-order valence-corrected chi connectivity index (χ4v) is 3.14. The van der Waals surface area contributed by atoms with Crippen LogP contribution in [0.15, 0.2) is 23.4 Å². The van der Waals surface area contributed by atoms with Gasteiger partial charge in [0.25, 0.3) is 0 Å². The average molecular weight is 305 g/mol. The topological polar surface area (TPSA) is 78.2 Å².